The zero-order valence-corrected chi connectivity index (χ0v) is 32.6. The number of ether oxygens (including phenoxy) is 1. The number of hydrogen-bond donors (Lipinski definition) is 2. The number of carboxylic acid groups (broad SMARTS) is 1. The Hall–Kier alpha value is -4.77. The van der Waals surface area contributed by atoms with Crippen LogP contribution in [-0.2, 0) is 4.74 Å². The van der Waals surface area contributed by atoms with Gasteiger partial charge in [0.15, 0.2) is 0 Å². The molecule has 0 atom stereocenters. The lowest BCUT2D eigenvalue weighted by atomic mass is 9.90. The first kappa shape index (κ1) is 49.2. The minimum absolute atomic E-state index is 0. The first-order valence-corrected chi connectivity index (χ1v) is 17.0. The Bertz CT molecular complexity index is 2400. The van der Waals surface area contributed by atoms with E-state index in [1.54, 1.807) is 18.2 Å². The summed E-state index contributed by atoms with van der Waals surface area (Å²) in [5.41, 5.74) is 5.20. The summed E-state index contributed by atoms with van der Waals surface area (Å²) in [4.78, 5) is 35.9. The fourth-order valence-corrected chi connectivity index (χ4v) is 5.99. The highest BCUT2D eigenvalue weighted by molar-refractivity contribution is 6.43. The van der Waals surface area contributed by atoms with Gasteiger partial charge in [0.1, 0.15) is 31.2 Å². The molecule has 4 aromatic rings. The molecule has 0 fully saturated rings. The van der Waals surface area contributed by atoms with E-state index in [1.807, 2.05) is 93.1 Å². The molecule has 1 aliphatic carbocycles. The number of anilines is 1. The first-order chi connectivity index (χ1) is 24.5. The van der Waals surface area contributed by atoms with Crippen LogP contribution in [0.15, 0.2) is 89.3 Å². The van der Waals surface area contributed by atoms with Crippen LogP contribution >= 0.6 is 46.4 Å². The Balaban J connectivity index is 0.000000484. The third-order valence-electron chi connectivity index (χ3n) is 7.97. The van der Waals surface area contributed by atoms with E-state index in [1.165, 1.54) is 18.2 Å². The number of aromatic hydroxyl groups is 1. The lowest BCUT2D eigenvalue weighted by Crippen LogP contribution is -3.00. The molecule has 0 radical (unpaired) electrons. The zero-order valence-electron chi connectivity index (χ0n) is 28.8. The molecule has 4 aromatic carbocycles. The maximum absolute atomic E-state index is 12.0. The molecule has 3 aliphatic rings. The largest absolute Gasteiger partial charge is 1.00 e. The number of cyclic esters (lactones) is 2. The molecule has 14 heteroatoms. The van der Waals surface area contributed by atoms with Gasteiger partial charge in [0.05, 0.1) is 42.8 Å². The number of phenols is 1. The van der Waals surface area contributed by atoms with Gasteiger partial charge in [0.25, 0.3) is 0 Å². The van der Waals surface area contributed by atoms with Gasteiger partial charge in [-0.1, -0.05) is 86.9 Å². The van der Waals surface area contributed by atoms with Gasteiger partial charge >= 0.3 is 17.9 Å². The van der Waals surface area contributed by atoms with Crippen molar-refractivity contribution in [3.63, 3.8) is 0 Å². The summed E-state index contributed by atoms with van der Waals surface area (Å²) in [6.07, 6.45) is 0. The maximum Gasteiger partial charge on any atom is 0.346 e. The van der Waals surface area contributed by atoms with E-state index in [0.29, 0.717) is 27.7 Å². The summed E-state index contributed by atoms with van der Waals surface area (Å²) < 4.78 is 12.5. The molecule has 0 spiro atoms. The number of phenolic OH excluding ortho intramolecular Hbond substituents is 1. The van der Waals surface area contributed by atoms with Gasteiger partial charge in [0.2, 0.25) is 5.36 Å². The molecule has 0 saturated heterocycles. The molecule has 0 saturated carbocycles. The monoisotopic (exact) mass is 862 g/mol. The van der Waals surface area contributed by atoms with Crippen molar-refractivity contribution in [1.29, 1.82) is 0 Å². The van der Waals surface area contributed by atoms with Crippen LogP contribution in [0.1, 0.15) is 58.9 Å². The summed E-state index contributed by atoms with van der Waals surface area (Å²) in [7, 11) is 7.78. The highest BCUT2D eigenvalue weighted by atomic mass is 35.5. The molecule has 2 N–H and O–H groups in total. The fraction of sp³-hybridized carbons (Fsp3) is 0.190. The van der Waals surface area contributed by atoms with Crippen molar-refractivity contribution in [3.05, 3.63) is 133 Å². The van der Waals surface area contributed by atoms with Crippen LogP contribution < -0.4 is 27.2 Å². The van der Waals surface area contributed by atoms with Crippen LogP contribution in [0.25, 0.3) is 33.4 Å². The van der Waals surface area contributed by atoms with E-state index in [9.17, 15) is 19.5 Å². The number of carbonyl (C=O) groups excluding carboxylic acids is 2. The Morgan fingerprint density at radius 3 is 1.77 bits per heavy atom. The second kappa shape index (κ2) is 20.4. The molecule has 0 aromatic heterocycles. The van der Waals surface area contributed by atoms with Crippen molar-refractivity contribution in [2.24, 2.45) is 0 Å². The van der Waals surface area contributed by atoms with E-state index >= 15 is 0 Å². The minimum atomic E-state index is -1.07. The van der Waals surface area contributed by atoms with Crippen molar-refractivity contribution < 1.29 is 46.2 Å². The van der Waals surface area contributed by atoms with Crippen molar-refractivity contribution in [1.82, 2.24) is 4.58 Å². The highest BCUT2D eigenvalue weighted by Gasteiger charge is 2.30. The lowest BCUT2D eigenvalue weighted by molar-refractivity contribution is -0.0000664. The second-order valence-corrected chi connectivity index (χ2v) is 13.7. The van der Waals surface area contributed by atoms with Gasteiger partial charge in [-0.2, -0.15) is 0 Å². The average molecular weight is 865 g/mol. The molecular weight excluding hydrogens is 822 g/mol. The quantitative estimate of drug-likeness (QED) is 0.0791. The molecule has 7 rings (SSSR count). The van der Waals surface area contributed by atoms with Crippen LogP contribution in [0.3, 0.4) is 0 Å². The lowest BCUT2D eigenvalue weighted by Gasteiger charge is -2.17. The Kier molecular flexibility index (Phi) is 18.0. The van der Waals surface area contributed by atoms with E-state index in [2.05, 4.69) is 4.74 Å². The third kappa shape index (κ3) is 10.7. The smallest absolute Gasteiger partial charge is 0.346 e. The Morgan fingerprint density at radius 2 is 1.27 bits per heavy atom. The van der Waals surface area contributed by atoms with Crippen LogP contribution in [0.4, 0.5) is 5.69 Å². The van der Waals surface area contributed by atoms with Crippen molar-refractivity contribution in [2.45, 2.75) is 29.2 Å². The van der Waals surface area contributed by atoms with E-state index in [0.717, 1.165) is 33.1 Å². The summed E-state index contributed by atoms with van der Waals surface area (Å²) in [6.45, 7) is 1.98. The number of rotatable bonds is 3. The molecule has 2 heterocycles. The van der Waals surface area contributed by atoms with Crippen LogP contribution in [0.2, 0.25) is 20.1 Å². The second-order valence-electron chi connectivity index (χ2n) is 12.1. The van der Waals surface area contributed by atoms with Crippen LogP contribution in [0, 0.1) is 6.92 Å². The SMILES string of the molecule is C.C.C.CN(C)c1cccc(O)c1.Cc1ccc2c(-c3cc(Cl)c(Cl)cc3C(=O)O)c3ccc(=[N+](C)C)cc-3oc2c1.O=C1OC(=O)c2cc(Cl)c(Cl)cc21.[Cl-]. The average Bonchev–Trinajstić information content (AvgIpc) is 3.36. The molecular formula is C42H43Cl5N2O7. The standard InChI is InChI=1S/C23H17Cl2NO3.C8H2Cl2O3.C8H11NO.3CH4.ClH/c1-12-4-6-14-20(8-12)29-21-9-13(26(2)3)5-7-15(21)22(14)16-10-18(24)19(25)11-17(16)23(27)28;9-5-1-3-4(2-6(5)10)8(12)13-7(3)11;1-9(2)7-4-3-5-8(10)6-7;;;;/h4-11H,1-3H3;1-2H;3-6,10H,1-2H3;3*1H4;1H. The summed E-state index contributed by atoms with van der Waals surface area (Å²) in [5.74, 6) is -1.47. The number of benzene rings is 5. The van der Waals surface area contributed by atoms with Gasteiger partial charge in [0, 0.05) is 48.4 Å². The molecule has 0 unspecified atom stereocenters. The molecule has 298 valence electrons. The van der Waals surface area contributed by atoms with E-state index < -0.39 is 17.9 Å². The Morgan fingerprint density at radius 1 is 0.714 bits per heavy atom. The fourth-order valence-electron chi connectivity index (χ4n) is 5.33. The van der Waals surface area contributed by atoms with Crippen molar-refractivity contribution in [3.8, 4) is 28.2 Å². The number of halogens is 5. The normalized spacial score (nSPS) is 10.8. The summed E-state index contributed by atoms with van der Waals surface area (Å²) in [5, 5.41) is 21.6. The number of carbonyl (C=O) groups is 3. The first-order valence-electron chi connectivity index (χ1n) is 15.5. The predicted molar refractivity (Wildman–Crippen MR) is 226 cm³/mol. The maximum atomic E-state index is 12.0. The molecule has 56 heavy (non-hydrogen) atoms. The molecule has 0 amide bonds. The predicted octanol–water partition coefficient (Wildman–Crippen LogP) is 8.22. The van der Waals surface area contributed by atoms with Gasteiger partial charge in [-0.15, -0.1) is 0 Å². The van der Waals surface area contributed by atoms with Gasteiger partial charge < -0.3 is 36.7 Å². The zero-order chi connectivity index (χ0) is 38.0. The number of aryl methyl sites for hydroxylation is 1. The summed E-state index contributed by atoms with van der Waals surface area (Å²) in [6, 6.07) is 24.5. The van der Waals surface area contributed by atoms with Crippen LogP contribution in [0.5, 0.6) is 5.75 Å². The number of carboxylic acids is 1. The number of esters is 2. The van der Waals surface area contributed by atoms with E-state index in [-0.39, 0.29) is 66.4 Å². The van der Waals surface area contributed by atoms with Crippen molar-refractivity contribution >= 4 is 81.0 Å². The van der Waals surface area contributed by atoms with Crippen LogP contribution in [-0.4, -0.2) is 56.3 Å². The van der Waals surface area contributed by atoms with Gasteiger partial charge in [-0.05, 0) is 66.6 Å². The van der Waals surface area contributed by atoms with E-state index in [4.69, 9.17) is 55.9 Å². The minimum Gasteiger partial charge on any atom is -1.00 e. The number of aromatic carboxylic acids is 1. The Labute approximate surface area is 353 Å². The number of hydrogen-bond acceptors (Lipinski definition) is 7. The van der Waals surface area contributed by atoms with Crippen molar-refractivity contribution in [2.75, 3.05) is 33.1 Å². The molecule has 2 aliphatic heterocycles. The summed E-state index contributed by atoms with van der Waals surface area (Å²) >= 11 is 23.7. The van der Waals surface area contributed by atoms with Gasteiger partial charge in [-0.3, -0.25) is 0 Å². The number of fused-ring (bicyclic) bond motifs is 3. The molecule has 9 nitrogen and oxygen atoms in total. The number of nitrogens with zero attached hydrogens (tertiary/aromatic N) is 2. The topological polar surface area (TPSA) is 120 Å². The van der Waals surface area contributed by atoms with Gasteiger partial charge in [-0.25, -0.2) is 19.0 Å². The highest BCUT2D eigenvalue weighted by Crippen LogP contribution is 2.43. The molecule has 0 bridgehead atoms. The third-order valence-corrected chi connectivity index (χ3v) is 9.41.